The van der Waals surface area contributed by atoms with Gasteiger partial charge in [0.25, 0.3) is 0 Å². The van der Waals surface area contributed by atoms with Crippen molar-refractivity contribution in [1.29, 1.82) is 0 Å². The number of halogens is 2. The minimum Gasteiger partial charge on any atom is -0.457 e. The monoisotopic (exact) mass is 1060 g/mol. The summed E-state index contributed by atoms with van der Waals surface area (Å²) in [6.45, 7) is 13.3. The molecule has 1 aromatic heterocycles. The fraction of sp³-hybridized carbons (Fsp3) is 0.695. The number of ketones is 4. The van der Waals surface area contributed by atoms with Crippen LogP contribution in [-0.2, 0) is 42.9 Å². The van der Waals surface area contributed by atoms with Crippen LogP contribution in [0.25, 0.3) is 0 Å². The normalized spacial score (nSPS) is 44.8. The van der Waals surface area contributed by atoms with Crippen molar-refractivity contribution >= 4 is 58.3 Å². The number of aliphatic hydroxyl groups is 2. The van der Waals surface area contributed by atoms with Gasteiger partial charge in [0, 0.05) is 39.4 Å². The third-order valence-electron chi connectivity index (χ3n) is 21.2. The van der Waals surface area contributed by atoms with E-state index in [4.69, 9.17) is 46.6 Å². The zero-order valence-electron chi connectivity index (χ0n) is 43.9. The van der Waals surface area contributed by atoms with Crippen molar-refractivity contribution in [2.24, 2.45) is 69.0 Å². The van der Waals surface area contributed by atoms with Gasteiger partial charge in [-0.1, -0.05) is 91.0 Å². The molecule has 0 spiro atoms. The molecule has 15 heteroatoms. The van der Waals surface area contributed by atoms with Crippen LogP contribution in [-0.4, -0.2) is 98.4 Å². The van der Waals surface area contributed by atoms with Crippen LogP contribution in [0.2, 0.25) is 0 Å². The van der Waals surface area contributed by atoms with E-state index in [-0.39, 0.29) is 101 Å². The summed E-state index contributed by atoms with van der Waals surface area (Å²) in [6.07, 6.45) is 19.6. The van der Waals surface area contributed by atoms with Gasteiger partial charge in [-0.2, -0.15) is 0 Å². The number of furan rings is 1. The first-order valence-corrected chi connectivity index (χ1v) is 28.2. The van der Waals surface area contributed by atoms with E-state index in [0.29, 0.717) is 32.1 Å². The Balaban J connectivity index is 0.000000170. The summed E-state index contributed by atoms with van der Waals surface area (Å²) in [5.41, 5.74) is -3.39. The summed E-state index contributed by atoms with van der Waals surface area (Å²) in [7, 11) is 0. The maximum absolute atomic E-state index is 14.2. The lowest BCUT2D eigenvalue weighted by molar-refractivity contribution is -0.210. The Labute approximate surface area is 444 Å². The molecule has 10 aliphatic rings. The summed E-state index contributed by atoms with van der Waals surface area (Å²) < 4.78 is 30.4. The minimum absolute atomic E-state index is 0.00557. The summed E-state index contributed by atoms with van der Waals surface area (Å²) in [5.74, 6) is -2.59. The molecular weight excluding hydrogens is 988 g/mol. The van der Waals surface area contributed by atoms with E-state index in [1.807, 2.05) is 32.9 Å². The average Bonchev–Trinajstić information content (AvgIpc) is 4.14. The van der Waals surface area contributed by atoms with E-state index < -0.39 is 68.9 Å². The second-order valence-electron chi connectivity index (χ2n) is 24.9. The number of hydrogen-bond acceptors (Lipinski definition) is 13. The number of allylic oxidation sites excluding steroid dienone is 8. The molecule has 1 aromatic rings. The number of esters is 2. The molecule has 0 bridgehead atoms. The zero-order valence-corrected chi connectivity index (χ0v) is 45.4. The van der Waals surface area contributed by atoms with Crippen LogP contribution in [0.1, 0.15) is 142 Å². The molecule has 7 saturated carbocycles. The van der Waals surface area contributed by atoms with Crippen molar-refractivity contribution in [3.63, 3.8) is 0 Å². The van der Waals surface area contributed by atoms with Crippen LogP contribution in [0.15, 0.2) is 70.4 Å². The lowest BCUT2D eigenvalue weighted by Gasteiger charge is -2.64. The molecule has 0 amide bonds. The highest BCUT2D eigenvalue weighted by Gasteiger charge is 2.78. The molecule has 13 nitrogen and oxygen atoms in total. The second kappa shape index (κ2) is 19.0. The molecule has 1 saturated heterocycles. The van der Waals surface area contributed by atoms with Crippen LogP contribution in [0, 0.1) is 69.0 Å². The Hall–Kier alpha value is -3.72. The first kappa shape index (κ1) is 53.7. The number of aliphatic hydroxyl groups excluding tert-OH is 2. The molecule has 11 rings (SSSR count). The van der Waals surface area contributed by atoms with Gasteiger partial charge in [-0.25, -0.2) is 4.79 Å². The largest absolute Gasteiger partial charge is 0.457 e. The van der Waals surface area contributed by atoms with Crippen molar-refractivity contribution in [3.8, 4) is 0 Å². The third-order valence-corrected chi connectivity index (χ3v) is 22.4. The fourth-order valence-corrected chi connectivity index (χ4v) is 18.4. The van der Waals surface area contributed by atoms with Gasteiger partial charge in [0.1, 0.15) is 0 Å². The summed E-state index contributed by atoms with van der Waals surface area (Å²) in [6, 6.07) is 3.07. The van der Waals surface area contributed by atoms with Crippen molar-refractivity contribution in [3.05, 3.63) is 71.8 Å². The van der Waals surface area contributed by atoms with Crippen LogP contribution in [0.5, 0.6) is 0 Å². The quantitative estimate of drug-likeness (QED) is 0.176. The van der Waals surface area contributed by atoms with E-state index in [2.05, 4.69) is 13.8 Å². The van der Waals surface area contributed by atoms with Gasteiger partial charge < -0.3 is 33.6 Å². The van der Waals surface area contributed by atoms with Gasteiger partial charge in [-0.15, -0.1) is 23.2 Å². The lowest BCUT2D eigenvalue weighted by atomic mass is 9.45. The molecule has 2 N–H and O–H groups in total. The SMILES string of the molecule is CC(C)C(=O)OCC(=O)[C@@]12O[C@H](C3CCCCC3)O[C@@H]1C[C@H]1[C@@H]3CCC4=CC(=O)C=C[C@]4(C)[C@H]3[C@@H](O)C[C@@]12C.C[C@@H]1C[C@H]2[C@@H]3CCC4=CC(=O)C=C[C@]4(C)[C@@]3(Cl)[C@@H](O)C[C@]2(C)[C@@]1(OC(=O)c1ccco1)C(=O)CCl. The smallest absolute Gasteiger partial charge is 0.375 e. The maximum atomic E-state index is 14.2. The van der Waals surface area contributed by atoms with Gasteiger partial charge in [-0.05, 0) is 124 Å². The zero-order chi connectivity index (χ0) is 53.1. The van der Waals surface area contributed by atoms with Crippen LogP contribution < -0.4 is 0 Å². The van der Waals surface area contributed by atoms with E-state index >= 15 is 0 Å². The first-order chi connectivity index (χ1) is 35.0. The Morgan fingerprint density at radius 2 is 1.53 bits per heavy atom. The highest BCUT2D eigenvalue weighted by atomic mass is 35.5. The van der Waals surface area contributed by atoms with E-state index in [1.165, 1.54) is 24.8 Å². The summed E-state index contributed by atoms with van der Waals surface area (Å²) in [4.78, 5) is 76.4. The van der Waals surface area contributed by atoms with Gasteiger partial charge in [0.2, 0.25) is 11.5 Å². The predicted octanol–water partition coefficient (Wildman–Crippen LogP) is 9.57. The number of fused-ring (bicyclic) bond motifs is 12. The van der Waals surface area contributed by atoms with Crippen molar-refractivity contribution in [2.45, 2.75) is 173 Å². The van der Waals surface area contributed by atoms with Crippen molar-refractivity contribution in [2.75, 3.05) is 12.5 Å². The molecule has 17 atom stereocenters. The molecule has 9 aliphatic carbocycles. The number of carbonyl (C=O) groups excluding carboxylic acids is 6. The molecule has 74 heavy (non-hydrogen) atoms. The van der Waals surface area contributed by atoms with Gasteiger partial charge >= 0.3 is 11.9 Å². The number of hydrogen-bond donors (Lipinski definition) is 2. The number of rotatable bonds is 9. The first-order valence-electron chi connectivity index (χ1n) is 27.3. The van der Waals surface area contributed by atoms with Gasteiger partial charge in [-0.3, -0.25) is 24.0 Å². The van der Waals surface area contributed by atoms with E-state index in [9.17, 15) is 39.0 Å². The molecule has 2 heterocycles. The Morgan fingerprint density at radius 3 is 2.20 bits per heavy atom. The fourth-order valence-electron chi connectivity index (χ4n) is 17.7. The predicted molar refractivity (Wildman–Crippen MR) is 273 cm³/mol. The Bertz CT molecular complexity index is 2590. The molecule has 8 fully saturated rings. The van der Waals surface area contributed by atoms with Crippen molar-refractivity contribution < 1.29 is 62.3 Å². The topological polar surface area (TPSA) is 193 Å². The highest BCUT2D eigenvalue weighted by molar-refractivity contribution is 6.29. The van der Waals surface area contributed by atoms with E-state index in [1.54, 1.807) is 38.1 Å². The summed E-state index contributed by atoms with van der Waals surface area (Å²) >= 11 is 13.6. The standard InChI is InChI=1S/C32H44O7.C27H30Cl2O6/c1-18(2)28(36)37-17-25(35)32-26(38-29(39-32)19-8-6-5-7-9-19)15-23-22-11-10-20-14-21(33)12-13-30(20,3)27(22)24(34)16-31(23,32)4;1-15-11-19-18-7-6-16-12-17(30)8-9-24(16,2)26(18,29)21(31)13-25(19,3)27(15,22(32)14-28)35-23(33)20-5-4-10-34-20/h12-14,18-19,22-24,26-27,29,34H,5-11,15-17H2,1-4H3;4-5,8-10,12,15,18-19,21,31H,6-7,11,13-14H2,1-3H3/t22-,23-,24-,26+,27+,29+,30-,31-,32+;15-,18+,19+,21+,24+,25+,26+,27+/m01/s1. The Kier molecular flexibility index (Phi) is 13.8. The van der Waals surface area contributed by atoms with Gasteiger partial charge in [0.15, 0.2) is 41.4 Å². The highest BCUT2D eigenvalue weighted by Crippen LogP contribution is 2.73. The second-order valence-corrected chi connectivity index (χ2v) is 25.8. The van der Waals surface area contributed by atoms with E-state index in [0.717, 1.165) is 49.7 Å². The molecular formula is C59H74Cl2O13. The molecule has 0 aromatic carbocycles. The van der Waals surface area contributed by atoms with Crippen LogP contribution in [0.4, 0.5) is 0 Å². The van der Waals surface area contributed by atoms with Gasteiger partial charge in [0.05, 0.1) is 41.2 Å². The number of Topliss-reactive ketones (excluding diaryl/α,β-unsaturated/α-hetero) is 2. The molecule has 402 valence electrons. The molecule has 1 aliphatic heterocycles. The minimum atomic E-state index is -1.53. The molecule has 0 unspecified atom stereocenters. The number of alkyl halides is 2. The molecule has 0 radical (unpaired) electrons. The lowest BCUT2D eigenvalue weighted by Crippen LogP contribution is -2.69. The number of carbonyl (C=O) groups is 6. The summed E-state index contributed by atoms with van der Waals surface area (Å²) in [5, 5.41) is 23.6. The third kappa shape index (κ3) is 7.63. The van der Waals surface area contributed by atoms with Crippen LogP contribution >= 0.6 is 23.2 Å². The maximum Gasteiger partial charge on any atom is 0.375 e. The Morgan fingerprint density at radius 1 is 0.838 bits per heavy atom. The van der Waals surface area contributed by atoms with Crippen LogP contribution in [0.3, 0.4) is 0 Å². The average molecular weight is 1060 g/mol. The number of ether oxygens (including phenoxy) is 4. The van der Waals surface area contributed by atoms with Crippen molar-refractivity contribution in [1.82, 2.24) is 0 Å².